The number of hydrogen-bond donors (Lipinski definition) is 1. The Bertz CT molecular complexity index is 529. The maximum atomic E-state index is 11.2. The molecular formula is C26H43NO. The summed E-state index contributed by atoms with van der Waals surface area (Å²) < 4.78 is 0. The quantitative estimate of drug-likeness (QED) is 0.375. The first-order valence-corrected chi connectivity index (χ1v) is 12.2. The summed E-state index contributed by atoms with van der Waals surface area (Å²) in [4.78, 5) is 2.68. The van der Waals surface area contributed by atoms with Gasteiger partial charge in [0.25, 0.3) is 0 Å². The largest absolute Gasteiger partial charge is 0.390 e. The number of aliphatic hydroxyl groups is 1. The number of rotatable bonds is 13. The summed E-state index contributed by atoms with van der Waals surface area (Å²) in [6.07, 6.45) is 19.3. The van der Waals surface area contributed by atoms with E-state index in [-0.39, 0.29) is 5.60 Å². The second kappa shape index (κ2) is 11.4. The molecule has 2 atom stereocenters. The third-order valence-corrected chi connectivity index (χ3v) is 7.21. The first-order chi connectivity index (χ1) is 13.7. The Balaban J connectivity index is 1.31. The Morgan fingerprint density at radius 1 is 0.821 bits per heavy atom. The predicted molar refractivity (Wildman–Crippen MR) is 119 cm³/mol. The van der Waals surface area contributed by atoms with Crippen molar-refractivity contribution in [3.63, 3.8) is 0 Å². The molecule has 3 rings (SSSR count). The molecule has 2 heteroatoms. The average molecular weight is 386 g/mol. The standard InChI is InChI=1S/C26H43NO/c1-2-3-4-5-6-7-8-9-10-14-19-26(28)20-24-17-18-25(21-26)27(24)22-23-15-12-11-13-16-23/h11-13,15-16,24-25,28H,2-10,14,17-22H2,1H3. The lowest BCUT2D eigenvalue weighted by molar-refractivity contribution is -0.0611. The average Bonchev–Trinajstić information content (AvgIpc) is 2.94. The van der Waals surface area contributed by atoms with E-state index in [0.29, 0.717) is 12.1 Å². The number of benzene rings is 1. The molecule has 1 aromatic carbocycles. The van der Waals surface area contributed by atoms with Gasteiger partial charge in [0.2, 0.25) is 0 Å². The summed E-state index contributed by atoms with van der Waals surface area (Å²) in [5.41, 5.74) is 1.03. The maximum Gasteiger partial charge on any atom is 0.0677 e. The molecule has 0 radical (unpaired) electrons. The molecule has 28 heavy (non-hydrogen) atoms. The van der Waals surface area contributed by atoms with Crippen molar-refractivity contribution in [3.8, 4) is 0 Å². The van der Waals surface area contributed by atoms with Gasteiger partial charge >= 0.3 is 0 Å². The molecule has 2 aliphatic rings. The number of piperidine rings is 1. The Kier molecular flexibility index (Phi) is 8.86. The molecule has 0 amide bonds. The summed E-state index contributed by atoms with van der Waals surface area (Å²) >= 11 is 0. The third kappa shape index (κ3) is 6.59. The van der Waals surface area contributed by atoms with Crippen molar-refractivity contribution in [1.29, 1.82) is 0 Å². The van der Waals surface area contributed by atoms with E-state index in [9.17, 15) is 5.11 Å². The molecular weight excluding hydrogens is 342 g/mol. The smallest absolute Gasteiger partial charge is 0.0677 e. The zero-order chi connectivity index (χ0) is 19.7. The topological polar surface area (TPSA) is 23.5 Å². The lowest BCUT2D eigenvalue weighted by Gasteiger charge is -2.44. The Morgan fingerprint density at radius 2 is 1.36 bits per heavy atom. The van der Waals surface area contributed by atoms with Gasteiger partial charge < -0.3 is 5.11 Å². The van der Waals surface area contributed by atoms with Crippen LogP contribution in [0.5, 0.6) is 0 Å². The van der Waals surface area contributed by atoms with Gasteiger partial charge in [0.15, 0.2) is 0 Å². The molecule has 2 unspecified atom stereocenters. The monoisotopic (exact) mass is 385 g/mol. The number of unbranched alkanes of at least 4 members (excludes halogenated alkanes) is 9. The van der Waals surface area contributed by atoms with Gasteiger partial charge in [-0.2, -0.15) is 0 Å². The SMILES string of the molecule is CCCCCCCCCCCCC1(O)CC2CCC(C1)N2Cc1ccccc1. The van der Waals surface area contributed by atoms with Crippen LogP contribution < -0.4 is 0 Å². The minimum absolute atomic E-state index is 0.390. The van der Waals surface area contributed by atoms with Gasteiger partial charge in [-0.05, 0) is 37.7 Å². The molecule has 2 heterocycles. The van der Waals surface area contributed by atoms with Crippen molar-refractivity contribution < 1.29 is 5.11 Å². The van der Waals surface area contributed by atoms with Crippen molar-refractivity contribution >= 4 is 0 Å². The van der Waals surface area contributed by atoms with E-state index in [4.69, 9.17) is 0 Å². The van der Waals surface area contributed by atoms with Crippen LogP contribution in [0, 0.1) is 0 Å². The molecule has 0 saturated carbocycles. The van der Waals surface area contributed by atoms with Crippen LogP contribution in [0.25, 0.3) is 0 Å². The van der Waals surface area contributed by atoms with E-state index >= 15 is 0 Å². The van der Waals surface area contributed by atoms with Crippen LogP contribution in [0.1, 0.15) is 109 Å². The zero-order valence-corrected chi connectivity index (χ0v) is 18.2. The molecule has 2 saturated heterocycles. The maximum absolute atomic E-state index is 11.2. The highest BCUT2D eigenvalue weighted by molar-refractivity contribution is 5.16. The summed E-state index contributed by atoms with van der Waals surface area (Å²) in [5.74, 6) is 0. The van der Waals surface area contributed by atoms with Crippen molar-refractivity contribution in [3.05, 3.63) is 35.9 Å². The third-order valence-electron chi connectivity index (χ3n) is 7.21. The molecule has 2 nitrogen and oxygen atoms in total. The minimum Gasteiger partial charge on any atom is -0.390 e. The number of hydrogen-bond acceptors (Lipinski definition) is 2. The van der Waals surface area contributed by atoms with Crippen LogP contribution in [-0.2, 0) is 6.54 Å². The van der Waals surface area contributed by atoms with E-state index in [2.05, 4.69) is 42.2 Å². The van der Waals surface area contributed by atoms with Gasteiger partial charge in [-0.1, -0.05) is 101 Å². The molecule has 2 fully saturated rings. The molecule has 2 aliphatic heterocycles. The van der Waals surface area contributed by atoms with Crippen LogP contribution in [0.3, 0.4) is 0 Å². The van der Waals surface area contributed by atoms with Crippen LogP contribution in [0.4, 0.5) is 0 Å². The van der Waals surface area contributed by atoms with Crippen LogP contribution in [-0.4, -0.2) is 27.7 Å². The second-order valence-corrected chi connectivity index (χ2v) is 9.61. The lowest BCUT2D eigenvalue weighted by atomic mass is 9.82. The lowest BCUT2D eigenvalue weighted by Crippen LogP contribution is -2.50. The van der Waals surface area contributed by atoms with Crippen LogP contribution in [0.2, 0.25) is 0 Å². The molecule has 1 aromatic rings. The van der Waals surface area contributed by atoms with Gasteiger partial charge in [0.1, 0.15) is 0 Å². The fourth-order valence-electron chi connectivity index (χ4n) is 5.61. The first kappa shape index (κ1) is 21.8. The van der Waals surface area contributed by atoms with Crippen molar-refractivity contribution in [1.82, 2.24) is 4.90 Å². The molecule has 2 bridgehead atoms. The molecule has 1 N–H and O–H groups in total. The van der Waals surface area contributed by atoms with Gasteiger partial charge in [-0.25, -0.2) is 0 Å². The Hall–Kier alpha value is -0.860. The second-order valence-electron chi connectivity index (χ2n) is 9.61. The van der Waals surface area contributed by atoms with Crippen molar-refractivity contribution in [2.45, 2.75) is 127 Å². The highest BCUT2D eigenvalue weighted by atomic mass is 16.3. The van der Waals surface area contributed by atoms with E-state index in [1.807, 2.05) is 0 Å². The van der Waals surface area contributed by atoms with Crippen LogP contribution >= 0.6 is 0 Å². The minimum atomic E-state index is -0.390. The normalized spacial score (nSPS) is 27.4. The van der Waals surface area contributed by atoms with Gasteiger partial charge in [0.05, 0.1) is 5.60 Å². The first-order valence-electron chi connectivity index (χ1n) is 12.2. The summed E-state index contributed by atoms with van der Waals surface area (Å²) in [5, 5.41) is 11.2. The fourth-order valence-corrected chi connectivity index (χ4v) is 5.61. The van der Waals surface area contributed by atoms with Gasteiger partial charge in [-0.3, -0.25) is 4.90 Å². The molecule has 0 spiro atoms. The number of nitrogens with zero attached hydrogens (tertiary/aromatic N) is 1. The molecule has 158 valence electrons. The van der Waals surface area contributed by atoms with Gasteiger partial charge in [0, 0.05) is 18.6 Å². The summed E-state index contributed by atoms with van der Waals surface area (Å²) in [7, 11) is 0. The zero-order valence-electron chi connectivity index (χ0n) is 18.2. The number of fused-ring (bicyclic) bond motifs is 2. The highest BCUT2D eigenvalue weighted by Crippen LogP contribution is 2.43. The summed E-state index contributed by atoms with van der Waals surface area (Å²) in [6.45, 7) is 3.34. The fraction of sp³-hybridized carbons (Fsp3) is 0.769. The highest BCUT2D eigenvalue weighted by Gasteiger charge is 2.46. The van der Waals surface area contributed by atoms with E-state index in [1.54, 1.807) is 0 Å². The predicted octanol–water partition coefficient (Wildman–Crippen LogP) is 6.86. The van der Waals surface area contributed by atoms with Crippen LogP contribution in [0.15, 0.2) is 30.3 Å². The van der Waals surface area contributed by atoms with Gasteiger partial charge in [-0.15, -0.1) is 0 Å². The Labute approximate surface area is 173 Å². The van der Waals surface area contributed by atoms with E-state index in [0.717, 1.165) is 25.8 Å². The van der Waals surface area contributed by atoms with Crippen molar-refractivity contribution in [2.24, 2.45) is 0 Å². The van der Waals surface area contributed by atoms with Crippen molar-refractivity contribution in [2.75, 3.05) is 0 Å². The van der Waals surface area contributed by atoms with E-state index in [1.165, 1.54) is 82.6 Å². The summed E-state index contributed by atoms with van der Waals surface area (Å²) in [6, 6.07) is 12.0. The van der Waals surface area contributed by atoms with E-state index < -0.39 is 0 Å². The Morgan fingerprint density at radius 3 is 1.93 bits per heavy atom. The molecule has 0 aromatic heterocycles. The molecule has 0 aliphatic carbocycles.